The van der Waals surface area contributed by atoms with Crippen molar-refractivity contribution in [3.63, 3.8) is 0 Å². The molecule has 0 saturated carbocycles. The van der Waals surface area contributed by atoms with Crippen LogP contribution in [0.2, 0.25) is 10.0 Å². The summed E-state index contributed by atoms with van der Waals surface area (Å²) in [5.41, 5.74) is 7.23. The molecule has 2 aromatic rings. The van der Waals surface area contributed by atoms with Gasteiger partial charge in [-0.05, 0) is 24.3 Å². The lowest BCUT2D eigenvalue weighted by Gasteiger charge is -2.13. The first-order chi connectivity index (χ1) is 10.2. The average Bonchev–Trinajstić information content (AvgIpc) is 2.49. The average molecular weight is 325 g/mol. The molecule has 0 saturated heterocycles. The molecule has 0 aliphatic heterocycles. The molecule has 0 aliphatic carbocycles. The lowest BCUT2D eigenvalue weighted by Crippen LogP contribution is -2.26. The molecule has 2 rings (SSSR count). The number of nitrogens with one attached hydrogen (secondary N) is 1. The molecule has 21 heavy (non-hydrogen) atoms. The minimum atomic E-state index is 0.555. The number of rotatable bonds is 7. The molecule has 0 unspecified atom stereocenters. The van der Waals surface area contributed by atoms with E-state index in [9.17, 15) is 0 Å². The van der Waals surface area contributed by atoms with Crippen molar-refractivity contribution in [2.75, 3.05) is 26.2 Å². The van der Waals surface area contributed by atoms with Crippen molar-refractivity contribution in [3.05, 3.63) is 52.5 Å². The van der Waals surface area contributed by atoms with E-state index in [2.05, 4.69) is 5.32 Å². The van der Waals surface area contributed by atoms with Crippen molar-refractivity contribution in [3.8, 4) is 16.9 Å². The first-order valence-electron chi connectivity index (χ1n) is 6.80. The Hall–Kier alpha value is -1.26. The van der Waals surface area contributed by atoms with E-state index in [-0.39, 0.29) is 0 Å². The maximum absolute atomic E-state index is 6.26. The Labute approximate surface area is 135 Å². The lowest BCUT2D eigenvalue weighted by molar-refractivity contribution is 0.316. The van der Waals surface area contributed by atoms with Crippen LogP contribution in [0, 0.1) is 0 Å². The molecule has 0 bridgehead atoms. The van der Waals surface area contributed by atoms with Crippen LogP contribution in [0.1, 0.15) is 0 Å². The van der Waals surface area contributed by atoms with Crippen LogP contribution in [0.25, 0.3) is 11.1 Å². The van der Waals surface area contributed by atoms with Gasteiger partial charge in [-0.25, -0.2) is 0 Å². The summed E-state index contributed by atoms with van der Waals surface area (Å²) in [6.07, 6.45) is 0. The third-order valence-corrected chi connectivity index (χ3v) is 3.53. The van der Waals surface area contributed by atoms with Crippen LogP contribution < -0.4 is 15.8 Å². The van der Waals surface area contributed by atoms with Crippen molar-refractivity contribution in [2.24, 2.45) is 5.73 Å². The minimum Gasteiger partial charge on any atom is -0.492 e. The maximum atomic E-state index is 6.26. The van der Waals surface area contributed by atoms with E-state index >= 15 is 0 Å². The van der Waals surface area contributed by atoms with E-state index in [1.54, 1.807) is 0 Å². The summed E-state index contributed by atoms with van der Waals surface area (Å²) >= 11 is 12.4. The van der Waals surface area contributed by atoms with Crippen LogP contribution in [-0.2, 0) is 0 Å². The Balaban J connectivity index is 2.16. The minimum absolute atomic E-state index is 0.555. The summed E-state index contributed by atoms with van der Waals surface area (Å²) in [5.74, 6) is 0.766. The second-order valence-electron chi connectivity index (χ2n) is 4.51. The molecule has 5 heteroatoms. The fourth-order valence-corrected chi connectivity index (χ4v) is 2.39. The van der Waals surface area contributed by atoms with Crippen molar-refractivity contribution in [2.45, 2.75) is 0 Å². The Morgan fingerprint density at radius 2 is 1.81 bits per heavy atom. The van der Waals surface area contributed by atoms with Crippen LogP contribution in [-0.4, -0.2) is 26.2 Å². The number of ether oxygens (including phenoxy) is 1. The molecular weight excluding hydrogens is 307 g/mol. The molecule has 0 spiro atoms. The Kier molecular flexibility index (Phi) is 6.33. The number of hydrogen-bond acceptors (Lipinski definition) is 3. The van der Waals surface area contributed by atoms with Gasteiger partial charge in [0.1, 0.15) is 12.4 Å². The molecule has 0 amide bonds. The summed E-state index contributed by atoms with van der Waals surface area (Å²) in [6, 6.07) is 13.2. The van der Waals surface area contributed by atoms with Crippen LogP contribution in [0.3, 0.4) is 0 Å². The van der Waals surface area contributed by atoms with E-state index in [1.165, 1.54) is 0 Å². The van der Waals surface area contributed by atoms with Gasteiger partial charge < -0.3 is 15.8 Å². The van der Waals surface area contributed by atoms with Gasteiger partial charge in [0.25, 0.3) is 0 Å². The molecule has 3 N–H and O–H groups in total. The standard InChI is InChI=1S/C16H18Cl2N2O/c17-12-5-6-16(21-10-9-20-8-7-19)14(11-12)13-3-1-2-4-15(13)18/h1-6,11,20H,7-10,19H2. The highest BCUT2D eigenvalue weighted by atomic mass is 35.5. The van der Waals surface area contributed by atoms with Crippen molar-refractivity contribution >= 4 is 23.2 Å². The zero-order valence-corrected chi connectivity index (χ0v) is 13.1. The summed E-state index contributed by atoms with van der Waals surface area (Å²) < 4.78 is 5.83. The second kappa shape index (κ2) is 8.25. The smallest absolute Gasteiger partial charge is 0.127 e. The normalized spacial score (nSPS) is 10.6. The van der Waals surface area contributed by atoms with Gasteiger partial charge in [0.05, 0.1) is 0 Å². The fraction of sp³-hybridized carbons (Fsp3) is 0.250. The molecule has 0 aromatic heterocycles. The van der Waals surface area contributed by atoms with Crippen molar-refractivity contribution < 1.29 is 4.74 Å². The molecular formula is C16H18Cl2N2O. The lowest BCUT2D eigenvalue weighted by atomic mass is 10.0. The Bertz CT molecular complexity index is 590. The zero-order chi connectivity index (χ0) is 15.1. The summed E-state index contributed by atoms with van der Waals surface area (Å²) in [5, 5.41) is 4.51. The third kappa shape index (κ3) is 4.61. The van der Waals surface area contributed by atoms with E-state index in [4.69, 9.17) is 33.7 Å². The number of hydrogen-bond donors (Lipinski definition) is 2. The molecule has 0 atom stereocenters. The number of nitrogens with two attached hydrogens (primary N) is 1. The van der Waals surface area contributed by atoms with Crippen LogP contribution in [0.15, 0.2) is 42.5 Å². The summed E-state index contributed by atoms with van der Waals surface area (Å²) in [6.45, 7) is 2.69. The molecule has 112 valence electrons. The van der Waals surface area contributed by atoms with Gasteiger partial charge >= 0.3 is 0 Å². The first kappa shape index (κ1) is 16.1. The van der Waals surface area contributed by atoms with Crippen molar-refractivity contribution in [1.29, 1.82) is 0 Å². The zero-order valence-electron chi connectivity index (χ0n) is 11.6. The Morgan fingerprint density at radius 1 is 1.00 bits per heavy atom. The van der Waals surface area contributed by atoms with Crippen LogP contribution in [0.4, 0.5) is 0 Å². The molecule has 0 aliphatic rings. The maximum Gasteiger partial charge on any atom is 0.127 e. The Morgan fingerprint density at radius 3 is 2.57 bits per heavy atom. The first-order valence-corrected chi connectivity index (χ1v) is 7.56. The second-order valence-corrected chi connectivity index (χ2v) is 5.35. The van der Waals surface area contributed by atoms with Gasteiger partial charge in [-0.15, -0.1) is 0 Å². The van der Waals surface area contributed by atoms with Gasteiger partial charge in [0.2, 0.25) is 0 Å². The van der Waals surface area contributed by atoms with E-state index < -0.39 is 0 Å². The molecule has 0 fully saturated rings. The van der Waals surface area contributed by atoms with Gasteiger partial charge in [0.15, 0.2) is 0 Å². The summed E-state index contributed by atoms with van der Waals surface area (Å²) in [7, 11) is 0. The van der Waals surface area contributed by atoms with E-state index in [0.29, 0.717) is 23.2 Å². The van der Waals surface area contributed by atoms with Crippen LogP contribution >= 0.6 is 23.2 Å². The number of halogens is 2. The predicted molar refractivity (Wildman–Crippen MR) is 89.3 cm³/mol. The van der Waals surface area contributed by atoms with Crippen LogP contribution in [0.5, 0.6) is 5.75 Å². The number of benzene rings is 2. The third-order valence-electron chi connectivity index (χ3n) is 2.96. The highest BCUT2D eigenvalue weighted by Gasteiger charge is 2.10. The quantitative estimate of drug-likeness (QED) is 0.765. The highest BCUT2D eigenvalue weighted by Crippen LogP contribution is 2.36. The largest absolute Gasteiger partial charge is 0.492 e. The van der Waals surface area contributed by atoms with Gasteiger partial charge in [-0.2, -0.15) is 0 Å². The topological polar surface area (TPSA) is 47.3 Å². The summed E-state index contributed by atoms with van der Waals surface area (Å²) in [4.78, 5) is 0. The van der Waals surface area contributed by atoms with Gasteiger partial charge in [-0.1, -0.05) is 41.4 Å². The van der Waals surface area contributed by atoms with Gasteiger partial charge in [-0.3, -0.25) is 0 Å². The van der Waals surface area contributed by atoms with E-state index in [1.807, 2.05) is 42.5 Å². The monoisotopic (exact) mass is 324 g/mol. The molecule has 0 heterocycles. The van der Waals surface area contributed by atoms with Gasteiger partial charge in [0, 0.05) is 40.8 Å². The molecule has 2 aromatic carbocycles. The SMILES string of the molecule is NCCNCCOc1ccc(Cl)cc1-c1ccccc1Cl. The highest BCUT2D eigenvalue weighted by molar-refractivity contribution is 6.34. The van der Waals surface area contributed by atoms with Crippen molar-refractivity contribution in [1.82, 2.24) is 5.32 Å². The fourth-order valence-electron chi connectivity index (χ4n) is 1.98. The molecule has 3 nitrogen and oxygen atoms in total. The predicted octanol–water partition coefficient (Wildman–Crippen LogP) is 3.59. The molecule has 0 radical (unpaired) electrons. The van der Waals surface area contributed by atoms with E-state index in [0.717, 1.165) is 30.0 Å².